The molecular weight excluding hydrogens is 229 g/mol. The van der Waals surface area contributed by atoms with E-state index in [1.807, 2.05) is 13.0 Å². The first-order valence-electron chi connectivity index (χ1n) is 6.55. The smallest absolute Gasteiger partial charge is 0.226 e. The van der Waals surface area contributed by atoms with Crippen LogP contribution in [0.5, 0.6) is 0 Å². The van der Waals surface area contributed by atoms with Crippen LogP contribution < -0.4 is 5.32 Å². The molecule has 2 rings (SSSR count). The fourth-order valence-corrected chi connectivity index (χ4v) is 2.52. The van der Waals surface area contributed by atoms with Gasteiger partial charge in [0, 0.05) is 12.0 Å². The molecule has 1 fully saturated rings. The van der Waals surface area contributed by atoms with Crippen LogP contribution in [0, 0.1) is 18.2 Å². The van der Waals surface area contributed by atoms with E-state index in [2.05, 4.69) is 5.32 Å². The Hall–Kier alpha value is -1.38. The highest BCUT2D eigenvalue weighted by Gasteiger charge is 2.35. The molecule has 1 N–H and O–H groups in total. The number of benzene rings is 1. The van der Waals surface area contributed by atoms with Crippen molar-refractivity contribution in [2.24, 2.45) is 5.41 Å². The molecule has 3 heteroatoms. The van der Waals surface area contributed by atoms with Crippen molar-refractivity contribution < 1.29 is 9.18 Å². The van der Waals surface area contributed by atoms with Gasteiger partial charge in [0.25, 0.3) is 0 Å². The van der Waals surface area contributed by atoms with Crippen LogP contribution >= 0.6 is 0 Å². The normalized spacial score (nSPS) is 17.7. The van der Waals surface area contributed by atoms with Gasteiger partial charge in [0.2, 0.25) is 5.91 Å². The summed E-state index contributed by atoms with van der Waals surface area (Å²) in [7, 11) is 0. The first kappa shape index (κ1) is 13.1. The summed E-state index contributed by atoms with van der Waals surface area (Å²) in [5.74, 6) is -0.116. The maximum absolute atomic E-state index is 13.4. The zero-order valence-corrected chi connectivity index (χ0v) is 11.1. The summed E-state index contributed by atoms with van der Waals surface area (Å²) in [5, 5.41) is 2.92. The first-order chi connectivity index (χ1) is 8.51. The molecule has 1 saturated carbocycles. The van der Waals surface area contributed by atoms with Gasteiger partial charge in [-0.1, -0.05) is 31.9 Å². The lowest BCUT2D eigenvalue weighted by atomic mass is 9.88. The van der Waals surface area contributed by atoms with Crippen LogP contribution in [0.3, 0.4) is 0 Å². The van der Waals surface area contributed by atoms with Gasteiger partial charge in [0.05, 0.1) is 0 Å². The minimum atomic E-state index is -0.219. The van der Waals surface area contributed by atoms with Gasteiger partial charge in [-0.05, 0) is 37.0 Å². The highest BCUT2D eigenvalue weighted by atomic mass is 19.1. The number of rotatable bonds is 3. The van der Waals surface area contributed by atoms with Gasteiger partial charge in [-0.3, -0.25) is 4.79 Å². The Morgan fingerprint density at radius 3 is 2.67 bits per heavy atom. The molecule has 2 nitrogen and oxygen atoms in total. The highest BCUT2D eigenvalue weighted by Crippen LogP contribution is 2.37. The van der Waals surface area contributed by atoms with Crippen LogP contribution in [0.2, 0.25) is 0 Å². The molecule has 1 aliphatic rings. The summed E-state index contributed by atoms with van der Waals surface area (Å²) in [5.41, 5.74) is 1.23. The second-order valence-corrected chi connectivity index (χ2v) is 5.53. The lowest BCUT2D eigenvalue weighted by Crippen LogP contribution is -2.36. The third-order valence-electron chi connectivity index (χ3n) is 3.94. The number of hydrogen-bond acceptors (Lipinski definition) is 1. The van der Waals surface area contributed by atoms with Gasteiger partial charge in [0.1, 0.15) is 5.82 Å². The van der Waals surface area contributed by atoms with Crippen molar-refractivity contribution in [2.45, 2.75) is 46.1 Å². The van der Waals surface area contributed by atoms with Gasteiger partial charge in [-0.2, -0.15) is 0 Å². The molecule has 1 aromatic rings. The van der Waals surface area contributed by atoms with Crippen LogP contribution in [0.4, 0.5) is 4.39 Å². The Kier molecular flexibility index (Phi) is 3.69. The number of nitrogens with one attached hydrogen (secondary N) is 1. The Labute approximate surface area is 108 Å². The molecule has 0 aliphatic heterocycles. The largest absolute Gasteiger partial charge is 0.352 e. The van der Waals surface area contributed by atoms with Crippen molar-refractivity contribution in [3.8, 4) is 0 Å². The zero-order chi connectivity index (χ0) is 13.2. The van der Waals surface area contributed by atoms with Gasteiger partial charge < -0.3 is 5.32 Å². The lowest BCUT2D eigenvalue weighted by molar-refractivity contribution is -0.130. The molecule has 1 aliphatic carbocycles. The number of carbonyl (C=O) groups excluding carboxylic acids is 1. The van der Waals surface area contributed by atoms with Crippen molar-refractivity contribution >= 4 is 5.91 Å². The zero-order valence-electron chi connectivity index (χ0n) is 11.1. The fraction of sp³-hybridized carbons (Fsp3) is 0.533. The Balaban J connectivity index is 1.95. The molecule has 1 aromatic carbocycles. The van der Waals surface area contributed by atoms with E-state index >= 15 is 0 Å². The van der Waals surface area contributed by atoms with Gasteiger partial charge in [-0.25, -0.2) is 4.39 Å². The van der Waals surface area contributed by atoms with Crippen LogP contribution in [0.25, 0.3) is 0 Å². The second kappa shape index (κ2) is 5.09. The molecule has 18 heavy (non-hydrogen) atoms. The van der Waals surface area contributed by atoms with E-state index in [0.29, 0.717) is 12.1 Å². The van der Waals surface area contributed by atoms with Crippen LogP contribution in [0.1, 0.15) is 43.7 Å². The molecule has 0 unspecified atom stereocenters. The lowest BCUT2D eigenvalue weighted by Gasteiger charge is -2.22. The average Bonchev–Trinajstić information content (AvgIpc) is 2.79. The minimum Gasteiger partial charge on any atom is -0.352 e. The third-order valence-corrected chi connectivity index (χ3v) is 3.94. The Morgan fingerprint density at radius 1 is 1.39 bits per heavy atom. The molecule has 98 valence electrons. The van der Waals surface area contributed by atoms with E-state index in [9.17, 15) is 9.18 Å². The average molecular weight is 249 g/mol. The maximum atomic E-state index is 13.4. The van der Waals surface area contributed by atoms with Crippen LogP contribution in [-0.2, 0) is 11.3 Å². The van der Waals surface area contributed by atoms with E-state index in [4.69, 9.17) is 0 Å². The quantitative estimate of drug-likeness (QED) is 0.874. The predicted molar refractivity (Wildman–Crippen MR) is 69.6 cm³/mol. The first-order valence-corrected chi connectivity index (χ1v) is 6.55. The summed E-state index contributed by atoms with van der Waals surface area (Å²) in [6, 6.07) is 5.09. The summed E-state index contributed by atoms with van der Waals surface area (Å²) in [6.07, 6.45) is 4.17. The number of carbonyl (C=O) groups is 1. The van der Waals surface area contributed by atoms with E-state index in [0.717, 1.165) is 31.2 Å². The molecule has 0 aromatic heterocycles. The number of hydrogen-bond donors (Lipinski definition) is 1. The molecule has 0 bridgehead atoms. The molecule has 0 saturated heterocycles. The number of halogens is 1. The molecule has 0 radical (unpaired) electrons. The summed E-state index contributed by atoms with van der Waals surface area (Å²) in [4.78, 5) is 12.1. The second-order valence-electron chi connectivity index (χ2n) is 5.53. The van der Waals surface area contributed by atoms with Crippen molar-refractivity contribution in [1.29, 1.82) is 0 Å². The fourth-order valence-electron chi connectivity index (χ4n) is 2.52. The van der Waals surface area contributed by atoms with Crippen LogP contribution in [-0.4, -0.2) is 5.91 Å². The Morgan fingerprint density at radius 2 is 2.06 bits per heavy atom. The molecule has 0 heterocycles. The van der Waals surface area contributed by atoms with E-state index in [-0.39, 0.29) is 17.1 Å². The molecule has 0 atom stereocenters. The highest BCUT2D eigenvalue weighted by molar-refractivity contribution is 5.82. The summed E-state index contributed by atoms with van der Waals surface area (Å²) in [6.45, 7) is 4.16. The summed E-state index contributed by atoms with van der Waals surface area (Å²) >= 11 is 0. The van der Waals surface area contributed by atoms with Gasteiger partial charge in [0.15, 0.2) is 0 Å². The summed E-state index contributed by atoms with van der Waals surface area (Å²) < 4.78 is 13.4. The van der Waals surface area contributed by atoms with Crippen molar-refractivity contribution in [2.75, 3.05) is 0 Å². The van der Waals surface area contributed by atoms with Gasteiger partial charge in [-0.15, -0.1) is 0 Å². The minimum absolute atomic E-state index is 0.0981. The monoisotopic (exact) mass is 249 g/mol. The molecular formula is C15H20FNO. The maximum Gasteiger partial charge on any atom is 0.226 e. The van der Waals surface area contributed by atoms with Gasteiger partial charge >= 0.3 is 0 Å². The van der Waals surface area contributed by atoms with E-state index < -0.39 is 0 Å². The standard InChI is InChI=1S/C15H20FNO/c1-11-5-6-12(9-13(11)16)10-17-14(18)15(2)7-3-4-8-15/h5-6,9H,3-4,7-8,10H2,1-2H3,(H,17,18). The predicted octanol–water partition coefficient (Wildman–Crippen LogP) is 3.33. The van der Waals surface area contributed by atoms with Crippen LogP contribution in [0.15, 0.2) is 18.2 Å². The van der Waals surface area contributed by atoms with Crippen molar-refractivity contribution in [3.05, 3.63) is 35.1 Å². The Bertz CT molecular complexity index is 450. The van der Waals surface area contributed by atoms with E-state index in [1.54, 1.807) is 13.0 Å². The topological polar surface area (TPSA) is 29.1 Å². The third kappa shape index (κ3) is 2.71. The number of amides is 1. The molecule has 0 spiro atoms. The van der Waals surface area contributed by atoms with Crippen molar-refractivity contribution in [3.63, 3.8) is 0 Å². The van der Waals surface area contributed by atoms with E-state index in [1.165, 1.54) is 6.07 Å². The SMILES string of the molecule is Cc1ccc(CNC(=O)C2(C)CCCC2)cc1F. The number of aryl methyl sites for hydroxylation is 1. The molecule has 1 amide bonds. The van der Waals surface area contributed by atoms with Crippen molar-refractivity contribution in [1.82, 2.24) is 5.32 Å².